The van der Waals surface area contributed by atoms with E-state index < -0.39 is 0 Å². The average Bonchev–Trinajstić information content (AvgIpc) is 3.30. The lowest BCUT2D eigenvalue weighted by molar-refractivity contribution is 0.464. The molecule has 1 aromatic heterocycles. The molecule has 0 amide bonds. The second-order valence-electron chi connectivity index (χ2n) is 9.05. The summed E-state index contributed by atoms with van der Waals surface area (Å²) in [6.45, 7) is 11.1. The van der Waals surface area contributed by atoms with Gasteiger partial charge in [0.15, 0.2) is 5.82 Å². The summed E-state index contributed by atoms with van der Waals surface area (Å²) in [6, 6.07) is 26.1. The molecule has 0 N–H and O–H groups in total. The van der Waals surface area contributed by atoms with Gasteiger partial charge in [0.1, 0.15) is 5.82 Å². The van der Waals surface area contributed by atoms with Crippen molar-refractivity contribution in [2.24, 2.45) is 0 Å². The fraction of sp³-hybridized carbons (Fsp3) is 0.310. The van der Waals surface area contributed by atoms with Crippen LogP contribution in [-0.2, 0) is 18.3 Å². The minimum atomic E-state index is -0.106. The van der Waals surface area contributed by atoms with Crippen LogP contribution >= 0.6 is 0 Å². The zero-order valence-corrected chi connectivity index (χ0v) is 19.9. The fourth-order valence-corrected chi connectivity index (χ4v) is 4.07. The van der Waals surface area contributed by atoms with Gasteiger partial charge in [-0.15, -0.1) is 10.2 Å². The highest BCUT2D eigenvalue weighted by molar-refractivity contribution is 5.76. The first kappa shape index (κ1) is 22.0. The molecule has 0 spiro atoms. The molecule has 1 heterocycles. The van der Waals surface area contributed by atoms with Gasteiger partial charge in [0.25, 0.3) is 0 Å². The summed E-state index contributed by atoms with van der Waals surface area (Å²) in [5.74, 6) is 1.90. The maximum atomic E-state index is 4.76. The second-order valence-corrected chi connectivity index (χ2v) is 9.05. The van der Waals surface area contributed by atoms with Gasteiger partial charge >= 0.3 is 0 Å². The van der Waals surface area contributed by atoms with Gasteiger partial charge in [-0.3, -0.25) is 4.57 Å². The van der Waals surface area contributed by atoms with Gasteiger partial charge < -0.3 is 0 Å². The number of rotatable bonds is 7. The summed E-state index contributed by atoms with van der Waals surface area (Å²) in [7, 11) is 0. The Kier molecular flexibility index (Phi) is 6.27. The third kappa shape index (κ3) is 4.12. The Bertz CT molecular complexity index is 1200. The largest absolute Gasteiger partial charge is 0.278 e. The summed E-state index contributed by atoms with van der Waals surface area (Å²) < 4.78 is 2.29. The summed E-state index contributed by atoms with van der Waals surface area (Å²) in [6.07, 6.45) is 2.98. The Morgan fingerprint density at radius 2 is 1.41 bits per heavy atom. The standard InChI is InChI=1S/C29H33N3/c1-6-21-13-12-16-24(19-21)27-30-31-28(29(4,5)8-3)32(27)26-18-17-22(7-2)20-25(26)23-14-10-9-11-15-23/h9-20H,6-8H2,1-5H3. The Morgan fingerprint density at radius 3 is 2.09 bits per heavy atom. The monoisotopic (exact) mass is 423 g/mol. The highest BCUT2D eigenvalue weighted by Crippen LogP contribution is 2.36. The third-order valence-electron chi connectivity index (χ3n) is 6.54. The molecule has 3 nitrogen and oxygen atoms in total. The molecule has 0 saturated heterocycles. The second kappa shape index (κ2) is 9.12. The third-order valence-corrected chi connectivity index (χ3v) is 6.54. The van der Waals surface area contributed by atoms with E-state index in [-0.39, 0.29) is 5.41 Å². The summed E-state index contributed by atoms with van der Waals surface area (Å²) >= 11 is 0. The zero-order chi connectivity index (χ0) is 22.7. The maximum Gasteiger partial charge on any atom is 0.168 e. The van der Waals surface area contributed by atoms with Crippen LogP contribution in [0, 0.1) is 0 Å². The Balaban J connectivity index is 2.04. The predicted octanol–water partition coefficient (Wildman–Crippen LogP) is 7.41. The topological polar surface area (TPSA) is 30.7 Å². The molecule has 0 unspecified atom stereocenters. The van der Waals surface area contributed by atoms with Gasteiger partial charge in [-0.05, 0) is 54.2 Å². The maximum absolute atomic E-state index is 4.76. The van der Waals surface area contributed by atoms with Gasteiger partial charge in [-0.1, -0.05) is 89.2 Å². The van der Waals surface area contributed by atoms with E-state index in [4.69, 9.17) is 10.2 Å². The Labute approximate surface area is 192 Å². The minimum Gasteiger partial charge on any atom is -0.278 e. The number of hydrogen-bond donors (Lipinski definition) is 0. The molecule has 0 aliphatic heterocycles. The molecule has 4 aromatic rings. The van der Waals surface area contributed by atoms with Crippen LogP contribution in [-0.4, -0.2) is 14.8 Å². The molecule has 3 heteroatoms. The molecule has 0 aliphatic rings. The van der Waals surface area contributed by atoms with Crippen LogP contribution in [0.4, 0.5) is 0 Å². The summed E-state index contributed by atoms with van der Waals surface area (Å²) in [5, 5.41) is 9.50. The molecule has 3 aromatic carbocycles. The first-order chi connectivity index (χ1) is 15.5. The molecule has 4 rings (SSSR count). The number of nitrogens with zero attached hydrogens (tertiary/aromatic N) is 3. The van der Waals surface area contributed by atoms with E-state index >= 15 is 0 Å². The lowest BCUT2D eigenvalue weighted by Crippen LogP contribution is -2.22. The van der Waals surface area contributed by atoms with Crippen LogP contribution in [0.25, 0.3) is 28.2 Å². The van der Waals surface area contributed by atoms with Crippen molar-refractivity contribution in [2.75, 3.05) is 0 Å². The van der Waals surface area contributed by atoms with Crippen LogP contribution in [0.3, 0.4) is 0 Å². The number of aryl methyl sites for hydroxylation is 2. The SMILES string of the molecule is CCc1cccc(-c2nnc(C(C)(C)CC)n2-c2ccc(CC)cc2-c2ccccc2)c1. The van der Waals surface area contributed by atoms with Crippen LogP contribution in [0.15, 0.2) is 72.8 Å². The van der Waals surface area contributed by atoms with Gasteiger partial charge in [-0.25, -0.2) is 0 Å². The molecule has 32 heavy (non-hydrogen) atoms. The first-order valence-electron chi connectivity index (χ1n) is 11.7. The van der Waals surface area contributed by atoms with Crippen molar-refractivity contribution < 1.29 is 0 Å². The van der Waals surface area contributed by atoms with Crippen molar-refractivity contribution in [1.29, 1.82) is 0 Å². The smallest absolute Gasteiger partial charge is 0.168 e. The fourth-order valence-electron chi connectivity index (χ4n) is 4.07. The van der Waals surface area contributed by atoms with E-state index in [1.165, 1.54) is 22.3 Å². The molecule has 0 fully saturated rings. The van der Waals surface area contributed by atoms with Gasteiger partial charge in [0.05, 0.1) is 5.69 Å². The molecule has 0 atom stereocenters. The molecule has 0 bridgehead atoms. The lowest BCUT2D eigenvalue weighted by Gasteiger charge is -2.25. The molecule has 0 radical (unpaired) electrons. The van der Waals surface area contributed by atoms with E-state index in [0.717, 1.165) is 42.2 Å². The Morgan fingerprint density at radius 1 is 0.719 bits per heavy atom. The lowest BCUT2D eigenvalue weighted by atomic mass is 9.88. The van der Waals surface area contributed by atoms with Crippen molar-refractivity contribution in [3.63, 3.8) is 0 Å². The van der Waals surface area contributed by atoms with Crippen molar-refractivity contribution in [2.45, 2.75) is 59.3 Å². The van der Waals surface area contributed by atoms with Gasteiger partial charge in [-0.2, -0.15) is 0 Å². The zero-order valence-electron chi connectivity index (χ0n) is 19.9. The highest BCUT2D eigenvalue weighted by atomic mass is 15.3. The summed E-state index contributed by atoms with van der Waals surface area (Å²) in [5.41, 5.74) is 7.18. The summed E-state index contributed by atoms with van der Waals surface area (Å²) in [4.78, 5) is 0. The van der Waals surface area contributed by atoms with E-state index in [1.54, 1.807) is 0 Å². The van der Waals surface area contributed by atoms with E-state index in [9.17, 15) is 0 Å². The van der Waals surface area contributed by atoms with Crippen molar-refractivity contribution >= 4 is 0 Å². The molecule has 164 valence electrons. The predicted molar refractivity (Wildman–Crippen MR) is 134 cm³/mol. The van der Waals surface area contributed by atoms with Crippen molar-refractivity contribution in [1.82, 2.24) is 14.8 Å². The van der Waals surface area contributed by atoms with Crippen LogP contribution in [0.1, 0.15) is 58.0 Å². The molecular weight excluding hydrogens is 390 g/mol. The van der Waals surface area contributed by atoms with Crippen LogP contribution < -0.4 is 0 Å². The first-order valence-corrected chi connectivity index (χ1v) is 11.7. The number of aromatic nitrogens is 3. The minimum absolute atomic E-state index is 0.106. The van der Waals surface area contributed by atoms with E-state index in [2.05, 4.69) is 112 Å². The Hall–Kier alpha value is -3.20. The van der Waals surface area contributed by atoms with Crippen molar-refractivity contribution in [3.8, 4) is 28.2 Å². The quantitative estimate of drug-likeness (QED) is 0.310. The molecule has 0 saturated carbocycles. The average molecular weight is 424 g/mol. The van der Waals surface area contributed by atoms with Gasteiger partial charge in [0.2, 0.25) is 0 Å². The van der Waals surface area contributed by atoms with E-state index in [1.807, 2.05) is 0 Å². The number of hydrogen-bond acceptors (Lipinski definition) is 2. The van der Waals surface area contributed by atoms with Crippen LogP contribution in [0.2, 0.25) is 0 Å². The highest BCUT2D eigenvalue weighted by Gasteiger charge is 2.29. The normalized spacial score (nSPS) is 11.7. The van der Waals surface area contributed by atoms with E-state index in [0.29, 0.717) is 0 Å². The van der Waals surface area contributed by atoms with Crippen LogP contribution in [0.5, 0.6) is 0 Å². The number of benzene rings is 3. The molecular formula is C29H33N3. The van der Waals surface area contributed by atoms with Gasteiger partial charge in [0, 0.05) is 16.5 Å². The molecule has 0 aliphatic carbocycles. The van der Waals surface area contributed by atoms with Crippen molar-refractivity contribution in [3.05, 3.63) is 89.7 Å².